The molecule has 2 aliphatic rings. The number of para-hydroxylation sites is 1. The van der Waals surface area contributed by atoms with E-state index in [0.29, 0.717) is 47.6 Å². The summed E-state index contributed by atoms with van der Waals surface area (Å²) in [7, 11) is 0. The van der Waals surface area contributed by atoms with E-state index in [1.54, 1.807) is 41.3 Å². The molecule has 0 aliphatic carbocycles. The number of nitrogens with zero attached hydrogens (tertiary/aromatic N) is 1. The van der Waals surface area contributed by atoms with Gasteiger partial charge in [-0.25, -0.2) is 0 Å². The van der Waals surface area contributed by atoms with Crippen LogP contribution in [0, 0.1) is 0 Å². The largest absolute Gasteiger partial charge is 0.504 e. The van der Waals surface area contributed by atoms with E-state index in [-0.39, 0.29) is 28.9 Å². The van der Waals surface area contributed by atoms with Crippen molar-refractivity contribution in [3.8, 4) is 11.5 Å². The van der Waals surface area contributed by atoms with E-state index in [1.807, 2.05) is 6.92 Å². The Hall–Kier alpha value is -3.32. The number of rotatable bonds is 5. The second-order valence-electron chi connectivity index (χ2n) is 7.83. The van der Waals surface area contributed by atoms with Crippen LogP contribution in [-0.2, 0) is 4.74 Å². The molecule has 160 valence electrons. The summed E-state index contributed by atoms with van der Waals surface area (Å²) in [6.07, 6.45) is 1.71. The Bertz CT molecular complexity index is 1210. The van der Waals surface area contributed by atoms with Crippen LogP contribution in [0.4, 0.5) is 0 Å². The number of fused-ring (bicyclic) bond motifs is 2. The maximum Gasteiger partial charge on any atom is 0.291 e. The monoisotopic (exact) mass is 421 g/mol. The van der Waals surface area contributed by atoms with Gasteiger partial charge in [0.15, 0.2) is 16.9 Å². The average molecular weight is 421 g/mol. The molecule has 1 N–H and O–H groups in total. The van der Waals surface area contributed by atoms with E-state index in [1.165, 1.54) is 6.07 Å². The van der Waals surface area contributed by atoms with E-state index >= 15 is 0 Å². The molecule has 1 amide bonds. The second-order valence-corrected chi connectivity index (χ2v) is 7.83. The highest BCUT2D eigenvalue weighted by molar-refractivity contribution is 5.99. The normalized spacial score (nSPS) is 20.4. The van der Waals surface area contributed by atoms with Crippen molar-refractivity contribution < 1.29 is 23.8 Å². The molecule has 7 nitrogen and oxygen atoms in total. The Kier molecular flexibility index (Phi) is 4.90. The SMILES string of the molecule is CCOc1cc(C2c3c(oc4ccccc4c3=O)C(=O)N2CC2CCCO2)ccc1O. The fraction of sp³-hybridized carbons (Fsp3) is 0.333. The third kappa shape index (κ3) is 3.25. The Morgan fingerprint density at radius 1 is 1.19 bits per heavy atom. The fourth-order valence-corrected chi connectivity index (χ4v) is 4.48. The zero-order valence-corrected chi connectivity index (χ0v) is 17.2. The lowest BCUT2D eigenvalue weighted by Gasteiger charge is -2.27. The summed E-state index contributed by atoms with van der Waals surface area (Å²) in [5.41, 5.74) is 1.15. The van der Waals surface area contributed by atoms with Crippen LogP contribution in [0.5, 0.6) is 11.5 Å². The molecule has 3 heterocycles. The van der Waals surface area contributed by atoms with E-state index in [0.717, 1.165) is 12.8 Å². The third-order valence-electron chi connectivity index (χ3n) is 5.90. The Balaban J connectivity index is 1.69. The van der Waals surface area contributed by atoms with Gasteiger partial charge in [-0.3, -0.25) is 9.59 Å². The number of hydrogen-bond acceptors (Lipinski definition) is 6. The first kappa shape index (κ1) is 19.6. The molecule has 2 aromatic carbocycles. The lowest BCUT2D eigenvalue weighted by atomic mass is 9.98. The summed E-state index contributed by atoms with van der Waals surface area (Å²) in [5, 5.41) is 10.6. The Labute approximate surface area is 178 Å². The summed E-state index contributed by atoms with van der Waals surface area (Å²) >= 11 is 0. The molecule has 0 saturated carbocycles. The van der Waals surface area contributed by atoms with Crippen molar-refractivity contribution in [2.24, 2.45) is 0 Å². The summed E-state index contributed by atoms with van der Waals surface area (Å²) in [4.78, 5) is 28.5. The number of amides is 1. The number of aromatic hydroxyl groups is 1. The first-order chi connectivity index (χ1) is 15.1. The van der Waals surface area contributed by atoms with Crippen LogP contribution in [0.3, 0.4) is 0 Å². The highest BCUT2D eigenvalue weighted by Gasteiger charge is 2.44. The molecular formula is C24H23NO6. The van der Waals surface area contributed by atoms with Crippen LogP contribution in [-0.4, -0.2) is 41.8 Å². The van der Waals surface area contributed by atoms with Crippen LogP contribution in [0.2, 0.25) is 0 Å². The van der Waals surface area contributed by atoms with Crippen LogP contribution in [0.1, 0.15) is 47.5 Å². The molecule has 3 aromatic rings. The van der Waals surface area contributed by atoms with Crippen molar-refractivity contribution >= 4 is 16.9 Å². The van der Waals surface area contributed by atoms with E-state index < -0.39 is 6.04 Å². The summed E-state index contributed by atoms with van der Waals surface area (Å²) < 4.78 is 17.2. The molecule has 2 aliphatic heterocycles. The summed E-state index contributed by atoms with van der Waals surface area (Å²) in [6, 6.07) is 11.2. The van der Waals surface area contributed by atoms with Crippen molar-refractivity contribution in [1.82, 2.24) is 4.90 Å². The van der Waals surface area contributed by atoms with Crippen LogP contribution < -0.4 is 10.2 Å². The molecule has 2 unspecified atom stereocenters. The highest BCUT2D eigenvalue weighted by Crippen LogP contribution is 2.41. The molecule has 31 heavy (non-hydrogen) atoms. The molecule has 1 saturated heterocycles. The standard InChI is InChI=1S/C24H23NO6/c1-2-29-19-12-14(9-10-17(19)26)21-20-22(27)16-7-3-4-8-18(16)31-23(20)24(28)25(21)13-15-6-5-11-30-15/h3-4,7-10,12,15,21,26H,2,5-6,11,13H2,1H3. The van der Waals surface area contributed by atoms with Crippen molar-refractivity contribution in [3.63, 3.8) is 0 Å². The van der Waals surface area contributed by atoms with Gasteiger partial charge in [0.25, 0.3) is 5.91 Å². The molecule has 0 bridgehead atoms. The number of ether oxygens (including phenoxy) is 2. The number of carbonyl (C=O) groups is 1. The lowest BCUT2D eigenvalue weighted by molar-refractivity contribution is 0.0486. The van der Waals surface area contributed by atoms with Gasteiger partial charge in [-0.15, -0.1) is 0 Å². The molecule has 1 aromatic heterocycles. The lowest BCUT2D eigenvalue weighted by Crippen LogP contribution is -2.36. The maximum atomic E-state index is 13.5. The van der Waals surface area contributed by atoms with Gasteiger partial charge in [0.05, 0.1) is 29.7 Å². The number of phenols is 1. The topological polar surface area (TPSA) is 89.2 Å². The molecule has 1 fully saturated rings. The van der Waals surface area contributed by atoms with E-state index in [4.69, 9.17) is 13.9 Å². The number of benzene rings is 2. The van der Waals surface area contributed by atoms with Crippen LogP contribution >= 0.6 is 0 Å². The predicted molar refractivity (Wildman–Crippen MR) is 114 cm³/mol. The third-order valence-corrected chi connectivity index (χ3v) is 5.90. The van der Waals surface area contributed by atoms with Gasteiger partial charge in [0.1, 0.15) is 5.58 Å². The molecule has 0 radical (unpaired) electrons. The zero-order valence-electron chi connectivity index (χ0n) is 17.2. The van der Waals surface area contributed by atoms with Gasteiger partial charge < -0.3 is 23.9 Å². The number of hydrogen-bond donors (Lipinski definition) is 1. The second kappa shape index (κ2) is 7.74. The molecule has 2 atom stereocenters. The first-order valence-corrected chi connectivity index (χ1v) is 10.5. The maximum absolute atomic E-state index is 13.5. The average Bonchev–Trinajstić information content (AvgIpc) is 3.38. The van der Waals surface area contributed by atoms with Gasteiger partial charge in [-0.1, -0.05) is 18.2 Å². The Morgan fingerprint density at radius 2 is 2.03 bits per heavy atom. The quantitative estimate of drug-likeness (QED) is 0.677. The predicted octanol–water partition coefficient (Wildman–Crippen LogP) is 3.62. The number of phenolic OH excluding ortho intramolecular Hbond substituents is 1. The van der Waals surface area contributed by atoms with Gasteiger partial charge in [-0.05, 0) is 49.6 Å². The van der Waals surface area contributed by atoms with E-state index in [2.05, 4.69) is 0 Å². The minimum absolute atomic E-state index is 0.00590. The molecule has 5 rings (SSSR count). The van der Waals surface area contributed by atoms with Gasteiger partial charge >= 0.3 is 0 Å². The van der Waals surface area contributed by atoms with Crippen molar-refractivity contribution in [1.29, 1.82) is 0 Å². The van der Waals surface area contributed by atoms with Crippen LogP contribution in [0.25, 0.3) is 11.0 Å². The molecule has 0 spiro atoms. The van der Waals surface area contributed by atoms with Crippen LogP contribution in [0.15, 0.2) is 51.7 Å². The first-order valence-electron chi connectivity index (χ1n) is 10.5. The van der Waals surface area contributed by atoms with Crippen molar-refractivity contribution in [2.75, 3.05) is 19.8 Å². The van der Waals surface area contributed by atoms with Gasteiger partial charge in [0.2, 0.25) is 5.76 Å². The van der Waals surface area contributed by atoms with Gasteiger partial charge in [-0.2, -0.15) is 0 Å². The molecule has 7 heteroatoms. The summed E-state index contributed by atoms with van der Waals surface area (Å²) in [6.45, 7) is 3.22. The Morgan fingerprint density at radius 3 is 2.81 bits per heavy atom. The van der Waals surface area contributed by atoms with Crippen molar-refractivity contribution in [2.45, 2.75) is 31.9 Å². The summed E-state index contributed by atoms with van der Waals surface area (Å²) in [5.74, 6) is 0.0524. The smallest absolute Gasteiger partial charge is 0.291 e. The fourth-order valence-electron chi connectivity index (χ4n) is 4.48. The van der Waals surface area contributed by atoms with E-state index in [9.17, 15) is 14.7 Å². The highest BCUT2D eigenvalue weighted by atomic mass is 16.5. The van der Waals surface area contributed by atoms with Gasteiger partial charge in [0, 0.05) is 13.2 Å². The molecular weight excluding hydrogens is 398 g/mol. The number of carbonyl (C=O) groups excluding carboxylic acids is 1. The zero-order chi connectivity index (χ0) is 21.5. The minimum Gasteiger partial charge on any atom is -0.504 e. The van der Waals surface area contributed by atoms with Crippen molar-refractivity contribution in [3.05, 3.63) is 69.6 Å². The minimum atomic E-state index is -0.646.